The molecule has 0 aliphatic rings. The zero-order valence-corrected chi connectivity index (χ0v) is 17.4. The Balaban J connectivity index is 1.88. The fourth-order valence-electron chi connectivity index (χ4n) is 2.73. The van der Waals surface area contributed by atoms with Crippen LogP contribution in [0.5, 0.6) is 5.75 Å². The van der Waals surface area contributed by atoms with E-state index in [1.807, 2.05) is 0 Å². The molecule has 28 heavy (non-hydrogen) atoms. The molecule has 0 spiro atoms. The summed E-state index contributed by atoms with van der Waals surface area (Å²) in [5.74, 6) is -0.0203. The van der Waals surface area contributed by atoms with Crippen molar-refractivity contribution in [2.45, 2.75) is 32.1 Å². The van der Waals surface area contributed by atoms with Crippen molar-refractivity contribution in [2.75, 3.05) is 25.4 Å². The number of benzene rings is 2. The highest BCUT2D eigenvalue weighted by Crippen LogP contribution is 2.26. The van der Waals surface area contributed by atoms with Crippen molar-refractivity contribution >= 4 is 23.5 Å². The number of rotatable bonds is 9. The maximum Gasteiger partial charge on any atom is 0.251 e. The number of carbonyl (C=O) groups is 1. The van der Waals surface area contributed by atoms with Crippen LogP contribution in [0, 0.1) is 18.7 Å². The van der Waals surface area contributed by atoms with Crippen molar-refractivity contribution in [3.05, 3.63) is 53.3 Å². The summed E-state index contributed by atoms with van der Waals surface area (Å²) in [5.41, 5.74) is 6.86. The number of nitrogen functional groups attached to an aromatic ring is 1. The molecule has 0 aliphatic heterocycles. The van der Waals surface area contributed by atoms with Gasteiger partial charge in [-0.15, -0.1) is 0 Å². The van der Waals surface area contributed by atoms with Gasteiger partial charge in [0.1, 0.15) is 11.6 Å². The molecule has 5 nitrogen and oxygen atoms in total. The quantitative estimate of drug-likeness (QED) is 0.331. The summed E-state index contributed by atoms with van der Waals surface area (Å²) in [6.45, 7) is 8.15. The average Bonchev–Trinajstić information content (AvgIpc) is 2.63. The Morgan fingerprint density at radius 1 is 1.32 bits per heavy atom. The minimum atomic E-state index is -0.412. The third-order valence-corrected chi connectivity index (χ3v) is 5.25. The summed E-state index contributed by atoms with van der Waals surface area (Å²) in [6.07, 6.45) is 0.764. The normalized spacial score (nSPS) is 11.2. The number of anilines is 1. The van der Waals surface area contributed by atoms with Crippen LogP contribution in [0.3, 0.4) is 0 Å². The molecule has 0 saturated heterocycles. The zero-order chi connectivity index (χ0) is 20.7. The lowest BCUT2D eigenvalue weighted by Crippen LogP contribution is -2.29. The van der Waals surface area contributed by atoms with Crippen LogP contribution >= 0.6 is 11.9 Å². The first-order valence-corrected chi connectivity index (χ1v) is 10.1. The fourth-order valence-corrected chi connectivity index (χ4v) is 3.93. The molecule has 0 unspecified atom stereocenters. The molecule has 2 rings (SSSR count). The smallest absolute Gasteiger partial charge is 0.251 e. The Morgan fingerprint density at radius 3 is 2.75 bits per heavy atom. The van der Waals surface area contributed by atoms with Crippen LogP contribution in [-0.4, -0.2) is 35.0 Å². The second kappa shape index (κ2) is 10.3. The predicted molar refractivity (Wildman–Crippen MR) is 113 cm³/mol. The first-order chi connectivity index (χ1) is 13.3. The molecule has 0 radical (unpaired) electrons. The minimum Gasteiger partial charge on any atom is -0.508 e. The molecule has 152 valence electrons. The Hall–Kier alpha value is -2.25. The molecule has 0 bridgehead atoms. The van der Waals surface area contributed by atoms with Crippen LogP contribution in [-0.2, 0) is 0 Å². The van der Waals surface area contributed by atoms with Crippen LogP contribution in [0.25, 0.3) is 0 Å². The standard InChI is InChI=1S/C21H28FN3O2S/c1-14(2)13-25(28-16-8-9-18(22)19(23)12-16)11-5-10-24-21(27)17-6-4-7-20(26)15(17)3/h4,6-9,12,14,26H,5,10-11,13,23H2,1-3H3,(H,24,27). The van der Waals surface area contributed by atoms with E-state index in [1.165, 1.54) is 6.07 Å². The number of carbonyl (C=O) groups excluding carboxylic acids is 1. The number of nitrogens with one attached hydrogen (secondary N) is 1. The molecule has 7 heteroatoms. The lowest BCUT2D eigenvalue weighted by atomic mass is 10.1. The Morgan fingerprint density at radius 2 is 2.07 bits per heavy atom. The number of nitrogens with zero attached hydrogens (tertiary/aromatic N) is 1. The predicted octanol–water partition coefficient (Wildman–Crippen LogP) is 4.21. The Bertz CT molecular complexity index is 814. The number of hydrogen-bond donors (Lipinski definition) is 3. The van der Waals surface area contributed by atoms with E-state index in [1.54, 1.807) is 49.2 Å². The summed E-state index contributed by atoms with van der Waals surface area (Å²) in [6, 6.07) is 9.66. The lowest BCUT2D eigenvalue weighted by molar-refractivity contribution is 0.0951. The molecule has 0 heterocycles. The highest BCUT2D eigenvalue weighted by molar-refractivity contribution is 7.97. The first kappa shape index (κ1) is 22.0. The van der Waals surface area contributed by atoms with Gasteiger partial charge in [0.25, 0.3) is 5.91 Å². The number of nitrogens with two attached hydrogens (primary N) is 1. The van der Waals surface area contributed by atoms with Gasteiger partial charge in [0, 0.05) is 35.7 Å². The molecule has 0 aromatic heterocycles. The second-order valence-electron chi connectivity index (χ2n) is 7.12. The number of aromatic hydroxyl groups is 1. The van der Waals surface area contributed by atoms with Crippen molar-refractivity contribution in [1.29, 1.82) is 0 Å². The van der Waals surface area contributed by atoms with Crippen LogP contribution in [0.15, 0.2) is 41.3 Å². The van der Waals surface area contributed by atoms with Gasteiger partial charge < -0.3 is 16.2 Å². The van der Waals surface area contributed by atoms with Crippen molar-refractivity contribution in [2.24, 2.45) is 5.92 Å². The Labute approximate surface area is 170 Å². The molecule has 0 fully saturated rings. The van der Waals surface area contributed by atoms with E-state index in [9.17, 15) is 14.3 Å². The van der Waals surface area contributed by atoms with E-state index in [-0.39, 0.29) is 17.3 Å². The van der Waals surface area contributed by atoms with Gasteiger partial charge in [-0.2, -0.15) is 0 Å². The summed E-state index contributed by atoms with van der Waals surface area (Å²) in [5, 5.41) is 12.6. The summed E-state index contributed by atoms with van der Waals surface area (Å²) < 4.78 is 15.6. The topological polar surface area (TPSA) is 78.6 Å². The SMILES string of the molecule is Cc1c(O)cccc1C(=O)NCCCN(CC(C)C)Sc1ccc(F)c(N)c1. The van der Waals surface area contributed by atoms with Gasteiger partial charge in [0.15, 0.2) is 0 Å². The van der Waals surface area contributed by atoms with Crippen LogP contribution in [0.1, 0.15) is 36.2 Å². The summed E-state index contributed by atoms with van der Waals surface area (Å²) in [4.78, 5) is 13.2. The molecular formula is C21H28FN3O2S. The number of halogens is 1. The van der Waals surface area contributed by atoms with Gasteiger partial charge in [0.2, 0.25) is 0 Å². The summed E-state index contributed by atoms with van der Waals surface area (Å²) in [7, 11) is 0. The third kappa shape index (κ3) is 6.42. The molecule has 1 amide bonds. The van der Waals surface area contributed by atoms with Crippen molar-refractivity contribution in [3.8, 4) is 5.75 Å². The second-order valence-corrected chi connectivity index (χ2v) is 8.29. The minimum absolute atomic E-state index is 0.116. The highest BCUT2D eigenvalue weighted by atomic mass is 32.2. The van der Waals surface area contributed by atoms with Crippen molar-refractivity contribution in [3.63, 3.8) is 0 Å². The third-order valence-electron chi connectivity index (χ3n) is 4.19. The van der Waals surface area contributed by atoms with Gasteiger partial charge in [-0.1, -0.05) is 19.9 Å². The zero-order valence-electron chi connectivity index (χ0n) is 16.5. The first-order valence-electron chi connectivity index (χ1n) is 9.32. The van der Waals surface area contributed by atoms with E-state index in [0.29, 0.717) is 23.6 Å². The van der Waals surface area contributed by atoms with E-state index < -0.39 is 5.82 Å². The number of phenolic OH excluding ortho intramolecular Hbond substituents is 1. The molecule has 4 N–H and O–H groups in total. The average molecular weight is 406 g/mol. The van der Waals surface area contributed by atoms with Crippen molar-refractivity contribution in [1.82, 2.24) is 9.62 Å². The number of hydrogen-bond acceptors (Lipinski definition) is 5. The largest absolute Gasteiger partial charge is 0.508 e. The van der Waals surface area contributed by atoms with E-state index in [2.05, 4.69) is 23.5 Å². The molecule has 0 aliphatic carbocycles. The van der Waals surface area contributed by atoms with Crippen LogP contribution in [0.4, 0.5) is 10.1 Å². The fraction of sp³-hybridized carbons (Fsp3) is 0.381. The Kier molecular flexibility index (Phi) is 8.14. The molecule has 2 aromatic carbocycles. The molecule has 2 aromatic rings. The summed E-state index contributed by atoms with van der Waals surface area (Å²) >= 11 is 1.54. The van der Waals surface area contributed by atoms with E-state index in [0.717, 1.165) is 24.4 Å². The van der Waals surface area contributed by atoms with Crippen molar-refractivity contribution < 1.29 is 14.3 Å². The van der Waals surface area contributed by atoms with Gasteiger partial charge in [-0.3, -0.25) is 4.79 Å². The maximum absolute atomic E-state index is 13.4. The lowest BCUT2D eigenvalue weighted by Gasteiger charge is -2.23. The van der Waals surface area contributed by atoms with Gasteiger partial charge >= 0.3 is 0 Å². The van der Waals surface area contributed by atoms with Crippen LogP contribution in [0.2, 0.25) is 0 Å². The van der Waals surface area contributed by atoms with E-state index >= 15 is 0 Å². The number of phenols is 1. The maximum atomic E-state index is 13.4. The highest BCUT2D eigenvalue weighted by Gasteiger charge is 2.13. The monoisotopic (exact) mass is 405 g/mol. The van der Waals surface area contributed by atoms with Gasteiger partial charge in [0.05, 0.1) is 5.69 Å². The molecular weight excluding hydrogens is 377 g/mol. The molecule has 0 atom stereocenters. The van der Waals surface area contributed by atoms with Gasteiger partial charge in [-0.25, -0.2) is 8.70 Å². The van der Waals surface area contributed by atoms with Crippen LogP contribution < -0.4 is 11.1 Å². The van der Waals surface area contributed by atoms with Gasteiger partial charge in [-0.05, 0) is 61.5 Å². The number of amides is 1. The van der Waals surface area contributed by atoms with E-state index in [4.69, 9.17) is 5.73 Å². The molecule has 0 saturated carbocycles.